The normalized spacial score (nSPS) is 24.3. The molecule has 3 spiro atoms. The topological polar surface area (TPSA) is 141 Å². The van der Waals surface area contributed by atoms with Crippen LogP contribution in [0.1, 0.15) is 111 Å². The first-order valence-corrected chi connectivity index (χ1v) is 24.0. The second kappa shape index (κ2) is 21.8. The van der Waals surface area contributed by atoms with Crippen LogP contribution in [0.25, 0.3) is 0 Å². The maximum atomic E-state index is 12.6. The van der Waals surface area contributed by atoms with E-state index in [1.807, 2.05) is 123 Å². The van der Waals surface area contributed by atoms with E-state index in [4.69, 9.17) is 21.1 Å². The van der Waals surface area contributed by atoms with Crippen LogP contribution in [0, 0.1) is 16.2 Å². The van der Waals surface area contributed by atoms with Gasteiger partial charge in [0, 0.05) is 98.4 Å². The van der Waals surface area contributed by atoms with Crippen LogP contribution in [0.15, 0.2) is 91.0 Å². The number of ether oxygens (including phenoxy) is 2. The van der Waals surface area contributed by atoms with Crippen LogP contribution in [0.2, 0.25) is 0 Å². The lowest BCUT2D eigenvalue weighted by atomic mass is 9.86. The van der Waals surface area contributed by atoms with Crippen LogP contribution in [-0.2, 0) is 9.47 Å². The number of likely N-dealkylation sites (tertiary alicyclic amines) is 4. The Morgan fingerprint density at radius 3 is 1.12 bits per heavy atom. The van der Waals surface area contributed by atoms with Crippen LogP contribution in [0.4, 0.5) is 9.59 Å². The summed E-state index contributed by atoms with van der Waals surface area (Å²) in [6, 6.07) is 27.7. The molecule has 0 radical (unpaired) electrons. The molecule has 4 amide bonds. The maximum Gasteiger partial charge on any atom is 0.410 e. The van der Waals surface area contributed by atoms with Gasteiger partial charge in [-0.3, -0.25) is 14.4 Å². The Kier molecular flexibility index (Phi) is 16.6. The van der Waals surface area contributed by atoms with Crippen molar-refractivity contribution < 1.29 is 33.4 Å². The molecule has 2 N–H and O–H groups in total. The number of carbonyl (C=O) groups is 5. The van der Waals surface area contributed by atoms with Gasteiger partial charge in [-0.05, 0) is 129 Å². The minimum atomic E-state index is -0.474. The van der Waals surface area contributed by atoms with Crippen molar-refractivity contribution in [2.24, 2.45) is 16.2 Å². The van der Waals surface area contributed by atoms with Crippen molar-refractivity contribution in [2.45, 2.75) is 91.3 Å². The Hall–Kier alpha value is -4.98. The number of nitrogens with one attached hydrogen (secondary N) is 2. The molecule has 0 aliphatic carbocycles. The van der Waals surface area contributed by atoms with Crippen molar-refractivity contribution >= 4 is 40.8 Å². The van der Waals surface area contributed by atoms with Crippen LogP contribution in [-0.4, -0.2) is 139 Å². The highest BCUT2D eigenvalue weighted by Crippen LogP contribution is 2.41. The van der Waals surface area contributed by atoms with Crippen molar-refractivity contribution in [2.75, 3.05) is 78.5 Å². The highest BCUT2D eigenvalue weighted by Gasteiger charge is 2.47. The smallest absolute Gasteiger partial charge is 0.410 e. The quantitative estimate of drug-likeness (QED) is 0.248. The SMILES string of the molecule is CC(C)(C)OC(=O)N1CCC2(CCN(C(=O)c3ccccc3)C2)C1.CC(C)(C)OC(=O)N1CCC2(CCNC2)C1.O=C(Cl)c1ccccc1.O=C(c1ccccc1)N1CCC2(CCNC2)C1. The first kappa shape index (κ1) is 50.4. The van der Waals surface area contributed by atoms with E-state index in [2.05, 4.69) is 10.6 Å². The maximum absolute atomic E-state index is 12.6. The number of nitrogens with zero attached hydrogens (tertiary/aromatic N) is 4. The monoisotopic (exact) mass is 927 g/mol. The number of benzene rings is 3. The summed E-state index contributed by atoms with van der Waals surface area (Å²) in [5, 5.41) is 6.39. The van der Waals surface area contributed by atoms with Gasteiger partial charge in [-0.15, -0.1) is 0 Å². The molecule has 13 nitrogen and oxygen atoms in total. The third-order valence-corrected chi connectivity index (χ3v) is 13.6. The van der Waals surface area contributed by atoms with Crippen LogP contribution < -0.4 is 10.6 Å². The van der Waals surface area contributed by atoms with Gasteiger partial charge in [-0.1, -0.05) is 66.7 Å². The lowest BCUT2D eigenvalue weighted by molar-refractivity contribution is 0.0265. The van der Waals surface area contributed by atoms with E-state index in [-0.39, 0.29) is 35.0 Å². The Labute approximate surface area is 396 Å². The van der Waals surface area contributed by atoms with Gasteiger partial charge in [0.1, 0.15) is 11.2 Å². The van der Waals surface area contributed by atoms with E-state index in [1.54, 1.807) is 29.2 Å². The van der Waals surface area contributed by atoms with Gasteiger partial charge in [0.2, 0.25) is 0 Å². The summed E-state index contributed by atoms with van der Waals surface area (Å²) in [6.45, 7) is 22.1. The molecule has 0 bridgehead atoms. The van der Waals surface area contributed by atoms with Gasteiger partial charge in [-0.2, -0.15) is 0 Å². The predicted molar refractivity (Wildman–Crippen MR) is 258 cm³/mol. The van der Waals surface area contributed by atoms with Gasteiger partial charge in [-0.25, -0.2) is 9.59 Å². The van der Waals surface area contributed by atoms with Crippen molar-refractivity contribution in [1.82, 2.24) is 30.2 Å². The summed E-state index contributed by atoms with van der Waals surface area (Å²) in [6.07, 6.45) is 6.15. The second-order valence-corrected chi connectivity index (χ2v) is 21.3. The minimum absolute atomic E-state index is 0.0291. The fourth-order valence-corrected chi connectivity index (χ4v) is 9.89. The molecule has 3 aromatic carbocycles. The number of carbonyl (C=O) groups excluding carboxylic acids is 5. The zero-order valence-electron chi connectivity index (χ0n) is 39.9. The number of rotatable bonds is 3. The van der Waals surface area contributed by atoms with E-state index >= 15 is 0 Å². The molecule has 3 unspecified atom stereocenters. The van der Waals surface area contributed by atoms with Crippen molar-refractivity contribution in [1.29, 1.82) is 0 Å². The zero-order valence-corrected chi connectivity index (χ0v) is 40.7. The first-order valence-electron chi connectivity index (χ1n) is 23.6. The van der Waals surface area contributed by atoms with Crippen molar-refractivity contribution in [3.63, 3.8) is 0 Å². The number of halogens is 1. The Morgan fingerprint density at radius 1 is 0.470 bits per heavy atom. The molecular formula is C52H71ClN6O7. The standard InChI is InChI=1S/C19H26N2O3.C14H18N2O.C12H22N2O2.C7H5ClO/c1-18(2,3)24-17(23)21-12-10-19(14-21)9-11-20(13-19)16(22)15-7-5-4-6-8-15;17-13(12-4-2-1-3-5-12)16-9-7-14(11-16)6-8-15-10-14;1-11(2,3)16-10(15)14-7-5-12(9-14)4-6-13-8-12;8-7(9)6-4-2-1-3-5-6/h4-8H,9-14H2,1-3H3;1-5,15H,6-11H2;13H,4-9H2,1-3H3;1-5H. The molecule has 3 aromatic rings. The highest BCUT2D eigenvalue weighted by atomic mass is 35.5. The summed E-state index contributed by atoms with van der Waals surface area (Å²) < 4.78 is 10.9. The summed E-state index contributed by atoms with van der Waals surface area (Å²) in [7, 11) is 0. The summed E-state index contributed by atoms with van der Waals surface area (Å²) in [4.78, 5) is 67.1. The largest absolute Gasteiger partial charge is 0.444 e. The van der Waals surface area contributed by atoms with E-state index in [0.717, 1.165) is 102 Å². The Morgan fingerprint density at radius 2 is 0.788 bits per heavy atom. The molecule has 0 saturated carbocycles. The van der Waals surface area contributed by atoms with E-state index < -0.39 is 10.8 Å². The van der Waals surface area contributed by atoms with Gasteiger partial charge >= 0.3 is 12.2 Å². The molecule has 9 rings (SSSR count). The van der Waals surface area contributed by atoms with Crippen LogP contribution >= 0.6 is 11.6 Å². The fourth-order valence-electron chi connectivity index (χ4n) is 9.77. The average Bonchev–Trinajstić information content (AvgIpc) is 4.18. The van der Waals surface area contributed by atoms with Crippen LogP contribution in [0.3, 0.4) is 0 Å². The lowest BCUT2D eigenvalue weighted by Crippen LogP contribution is -2.38. The number of hydrogen-bond donors (Lipinski definition) is 2. The summed E-state index contributed by atoms with van der Waals surface area (Å²) in [5.74, 6) is 0.276. The molecule has 6 fully saturated rings. The number of amides is 4. The van der Waals surface area contributed by atoms with Crippen molar-refractivity contribution in [3.8, 4) is 0 Å². The summed E-state index contributed by atoms with van der Waals surface area (Å²) in [5.41, 5.74) is 1.95. The van der Waals surface area contributed by atoms with Gasteiger partial charge in [0.15, 0.2) is 0 Å². The zero-order chi connectivity index (χ0) is 47.6. The first-order chi connectivity index (χ1) is 31.3. The van der Waals surface area contributed by atoms with Crippen molar-refractivity contribution in [3.05, 3.63) is 108 Å². The number of hydrogen-bond acceptors (Lipinski definition) is 9. The molecule has 6 saturated heterocycles. The third kappa shape index (κ3) is 14.0. The molecule has 6 aliphatic heterocycles. The Balaban J connectivity index is 0.000000153. The van der Waals surface area contributed by atoms with Gasteiger partial charge in [0.25, 0.3) is 17.1 Å². The molecule has 66 heavy (non-hydrogen) atoms. The Bertz CT molecular complexity index is 2100. The average molecular weight is 928 g/mol. The molecule has 6 aliphatic rings. The van der Waals surface area contributed by atoms with Gasteiger partial charge < -0.3 is 39.7 Å². The third-order valence-electron chi connectivity index (χ3n) is 13.3. The lowest BCUT2D eigenvalue weighted by Gasteiger charge is -2.27. The second-order valence-electron chi connectivity index (χ2n) is 21.0. The minimum Gasteiger partial charge on any atom is -0.444 e. The fraction of sp³-hybridized carbons (Fsp3) is 0.558. The molecule has 3 atom stereocenters. The van der Waals surface area contributed by atoms with E-state index in [1.165, 1.54) is 12.8 Å². The molecular weight excluding hydrogens is 856 g/mol. The predicted octanol–water partition coefficient (Wildman–Crippen LogP) is 8.34. The molecule has 6 heterocycles. The molecule has 14 heteroatoms. The van der Waals surface area contributed by atoms with Gasteiger partial charge in [0.05, 0.1) is 0 Å². The molecule has 0 aromatic heterocycles. The highest BCUT2D eigenvalue weighted by molar-refractivity contribution is 6.67. The van der Waals surface area contributed by atoms with Crippen LogP contribution in [0.5, 0.6) is 0 Å². The van der Waals surface area contributed by atoms with E-state index in [9.17, 15) is 24.0 Å². The molecule has 358 valence electrons. The summed E-state index contributed by atoms with van der Waals surface area (Å²) >= 11 is 5.16. The van der Waals surface area contributed by atoms with E-state index in [0.29, 0.717) is 29.5 Å².